The fourth-order valence-electron chi connectivity index (χ4n) is 3.53. The number of fused-ring (bicyclic) bond motifs is 2. The zero-order valence-electron chi connectivity index (χ0n) is 15.6. The Hall–Kier alpha value is -4.00. The number of para-hydroxylation sites is 1. The van der Waals surface area contributed by atoms with Gasteiger partial charge in [0.25, 0.3) is 0 Å². The van der Waals surface area contributed by atoms with E-state index in [0.29, 0.717) is 11.4 Å². The quantitative estimate of drug-likeness (QED) is 0.488. The minimum absolute atomic E-state index is 0.0906. The van der Waals surface area contributed by atoms with E-state index in [9.17, 15) is 19.8 Å². The standard InChI is InChI=1S/C22H17NO6/c1-28-15-9-8-13(24)16-18(15)20(26)17-14(25)10-12(22(29-2)19(17)21(16)27)23-11-6-4-3-5-7-11/h3-10,23-25H,1-2H3. The van der Waals surface area contributed by atoms with Crippen LogP contribution in [0.5, 0.6) is 23.0 Å². The first-order chi connectivity index (χ1) is 14.0. The molecule has 0 saturated carbocycles. The lowest BCUT2D eigenvalue weighted by molar-refractivity contribution is 0.0969. The fraction of sp³-hybridized carbons (Fsp3) is 0.0909. The molecule has 7 nitrogen and oxygen atoms in total. The predicted molar refractivity (Wildman–Crippen MR) is 106 cm³/mol. The van der Waals surface area contributed by atoms with E-state index < -0.39 is 11.6 Å². The summed E-state index contributed by atoms with van der Waals surface area (Å²) in [5.74, 6) is -1.79. The second-order valence-corrected chi connectivity index (χ2v) is 6.41. The second kappa shape index (κ2) is 6.87. The lowest BCUT2D eigenvalue weighted by atomic mass is 9.81. The molecule has 146 valence electrons. The molecule has 3 aromatic rings. The van der Waals surface area contributed by atoms with Gasteiger partial charge >= 0.3 is 0 Å². The van der Waals surface area contributed by atoms with Gasteiger partial charge < -0.3 is 25.0 Å². The highest BCUT2D eigenvalue weighted by atomic mass is 16.5. The van der Waals surface area contributed by atoms with Gasteiger partial charge in [-0.3, -0.25) is 9.59 Å². The van der Waals surface area contributed by atoms with Crippen LogP contribution >= 0.6 is 0 Å². The molecule has 29 heavy (non-hydrogen) atoms. The summed E-state index contributed by atoms with van der Waals surface area (Å²) >= 11 is 0. The number of carbonyl (C=O) groups excluding carboxylic acids is 2. The lowest BCUT2D eigenvalue weighted by Crippen LogP contribution is -2.23. The molecule has 0 radical (unpaired) electrons. The van der Waals surface area contributed by atoms with E-state index in [1.165, 1.54) is 32.4 Å². The van der Waals surface area contributed by atoms with E-state index >= 15 is 0 Å². The third-order valence-corrected chi connectivity index (χ3v) is 4.79. The average molecular weight is 391 g/mol. The Bertz CT molecular complexity index is 1150. The Morgan fingerprint density at radius 3 is 2.07 bits per heavy atom. The van der Waals surface area contributed by atoms with Crippen LogP contribution in [0.1, 0.15) is 31.8 Å². The van der Waals surface area contributed by atoms with Gasteiger partial charge in [-0.15, -0.1) is 0 Å². The highest BCUT2D eigenvalue weighted by Gasteiger charge is 2.40. The molecule has 7 heteroatoms. The number of hydrogen-bond acceptors (Lipinski definition) is 7. The van der Waals surface area contributed by atoms with Crippen molar-refractivity contribution in [3.63, 3.8) is 0 Å². The molecule has 0 atom stereocenters. The van der Waals surface area contributed by atoms with Crippen LogP contribution in [0.15, 0.2) is 48.5 Å². The van der Waals surface area contributed by atoms with Crippen molar-refractivity contribution in [3.05, 3.63) is 70.8 Å². The molecule has 0 bridgehead atoms. The predicted octanol–water partition coefficient (Wildman–Crippen LogP) is 3.63. The van der Waals surface area contributed by atoms with Crippen molar-refractivity contribution < 1.29 is 29.3 Å². The molecule has 1 aliphatic rings. The lowest BCUT2D eigenvalue weighted by Gasteiger charge is -2.24. The molecule has 0 saturated heterocycles. The summed E-state index contributed by atoms with van der Waals surface area (Å²) in [6.45, 7) is 0. The van der Waals surface area contributed by atoms with Gasteiger partial charge in [-0.1, -0.05) is 18.2 Å². The maximum absolute atomic E-state index is 13.3. The van der Waals surface area contributed by atoms with Crippen LogP contribution in [0.4, 0.5) is 11.4 Å². The molecule has 0 aromatic heterocycles. The van der Waals surface area contributed by atoms with Crippen molar-refractivity contribution in [1.82, 2.24) is 0 Å². The molecule has 0 heterocycles. The van der Waals surface area contributed by atoms with E-state index in [2.05, 4.69) is 5.32 Å². The van der Waals surface area contributed by atoms with Crippen molar-refractivity contribution in [3.8, 4) is 23.0 Å². The van der Waals surface area contributed by atoms with Crippen LogP contribution in [0, 0.1) is 0 Å². The summed E-state index contributed by atoms with van der Waals surface area (Å²) in [7, 11) is 2.72. The number of phenols is 2. The van der Waals surface area contributed by atoms with Crippen LogP contribution in [-0.4, -0.2) is 36.0 Å². The van der Waals surface area contributed by atoms with Gasteiger partial charge in [0.05, 0.1) is 42.2 Å². The molecule has 0 unspecified atom stereocenters. The maximum Gasteiger partial charge on any atom is 0.202 e. The number of hydrogen-bond donors (Lipinski definition) is 3. The molecule has 3 aromatic carbocycles. The Kier molecular flexibility index (Phi) is 4.35. The van der Waals surface area contributed by atoms with Crippen molar-refractivity contribution in [2.75, 3.05) is 19.5 Å². The first-order valence-electron chi connectivity index (χ1n) is 8.73. The summed E-state index contributed by atoms with van der Waals surface area (Å²) in [5, 5.41) is 24.0. The van der Waals surface area contributed by atoms with Gasteiger partial charge in [0, 0.05) is 11.8 Å². The number of phenolic OH excluding ortho intramolecular Hbond substituents is 2. The van der Waals surface area contributed by atoms with Crippen LogP contribution in [-0.2, 0) is 0 Å². The molecule has 0 aliphatic heterocycles. The van der Waals surface area contributed by atoms with Crippen molar-refractivity contribution in [1.29, 1.82) is 0 Å². The van der Waals surface area contributed by atoms with Gasteiger partial charge in [-0.05, 0) is 24.3 Å². The number of carbonyl (C=O) groups is 2. The zero-order chi connectivity index (χ0) is 20.7. The van der Waals surface area contributed by atoms with Crippen LogP contribution < -0.4 is 14.8 Å². The molecule has 0 spiro atoms. The van der Waals surface area contributed by atoms with E-state index in [1.807, 2.05) is 18.2 Å². The van der Waals surface area contributed by atoms with Gasteiger partial charge in [-0.2, -0.15) is 0 Å². The number of benzene rings is 3. The number of methoxy groups -OCH3 is 2. The largest absolute Gasteiger partial charge is 0.507 e. The smallest absolute Gasteiger partial charge is 0.202 e. The molecule has 4 rings (SSSR count). The summed E-state index contributed by atoms with van der Waals surface area (Å²) in [6.07, 6.45) is 0. The summed E-state index contributed by atoms with van der Waals surface area (Å²) in [6, 6.07) is 13.1. The fourth-order valence-corrected chi connectivity index (χ4v) is 3.53. The topological polar surface area (TPSA) is 105 Å². The average Bonchev–Trinajstić information content (AvgIpc) is 2.72. The Balaban J connectivity index is 1.97. The van der Waals surface area contributed by atoms with Gasteiger partial charge in [0.15, 0.2) is 5.75 Å². The highest BCUT2D eigenvalue weighted by molar-refractivity contribution is 6.32. The Morgan fingerprint density at radius 2 is 1.41 bits per heavy atom. The minimum Gasteiger partial charge on any atom is -0.507 e. The summed E-state index contributed by atoms with van der Waals surface area (Å²) in [5.41, 5.74) is 0.419. The Morgan fingerprint density at radius 1 is 0.759 bits per heavy atom. The van der Waals surface area contributed by atoms with E-state index in [1.54, 1.807) is 12.1 Å². The van der Waals surface area contributed by atoms with Crippen molar-refractivity contribution in [2.45, 2.75) is 0 Å². The monoisotopic (exact) mass is 391 g/mol. The van der Waals surface area contributed by atoms with Gasteiger partial charge in [0.1, 0.15) is 17.2 Å². The molecule has 1 aliphatic carbocycles. The van der Waals surface area contributed by atoms with Crippen molar-refractivity contribution >= 4 is 22.9 Å². The van der Waals surface area contributed by atoms with E-state index in [0.717, 1.165) is 0 Å². The first kappa shape index (κ1) is 18.4. The van der Waals surface area contributed by atoms with Crippen molar-refractivity contribution in [2.24, 2.45) is 0 Å². The Labute approximate surface area is 166 Å². The molecule has 3 N–H and O–H groups in total. The van der Waals surface area contributed by atoms with Gasteiger partial charge in [-0.25, -0.2) is 0 Å². The number of anilines is 2. The number of rotatable bonds is 4. The normalized spacial score (nSPS) is 12.2. The first-order valence-corrected chi connectivity index (χ1v) is 8.73. The van der Waals surface area contributed by atoms with Crippen LogP contribution in [0.2, 0.25) is 0 Å². The minimum atomic E-state index is -0.644. The SMILES string of the molecule is COc1ccc(O)c2c1C(=O)c1c(O)cc(Nc3ccccc3)c(OC)c1C2=O. The van der Waals surface area contributed by atoms with Gasteiger partial charge in [0.2, 0.25) is 11.6 Å². The highest BCUT2D eigenvalue weighted by Crippen LogP contribution is 2.47. The third-order valence-electron chi connectivity index (χ3n) is 4.79. The number of ketones is 2. The second-order valence-electron chi connectivity index (χ2n) is 6.41. The molecular formula is C22H17NO6. The maximum atomic E-state index is 13.3. The van der Waals surface area contributed by atoms with Crippen LogP contribution in [0.3, 0.4) is 0 Å². The summed E-state index contributed by atoms with van der Waals surface area (Å²) in [4.78, 5) is 26.5. The molecular weight excluding hydrogens is 374 g/mol. The zero-order valence-corrected chi connectivity index (χ0v) is 15.6. The third kappa shape index (κ3) is 2.75. The number of aromatic hydroxyl groups is 2. The van der Waals surface area contributed by atoms with E-state index in [4.69, 9.17) is 9.47 Å². The molecule has 0 fully saturated rings. The number of ether oxygens (including phenoxy) is 2. The van der Waals surface area contributed by atoms with Crippen LogP contribution in [0.25, 0.3) is 0 Å². The summed E-state index contributed by atoms with van der Waals surface area (Å²) < 4.78 is 10.6. The molecule has 0 amide bonds. The van der Waals surface area contributed by atoms with E-state index in [-0.39, 0.29) is 45.3 Å². The number of nitrogens with one attached hydrogen (secondary N) is 1.